The van der Waals surface area contributed by atoms with Gasteiger partial charge in [0.25, 0.3) is 0 Å². The number of aromatic carboxylic acids is 1. The summed E-state index contributed by atoms with van der Waals surface area (Å²) in [6, 6.07) is 1.55. The molecule has 13 heavy (non-hydrogen) atoms. The second kappa shape index (κ2) is 3.43. The Morgan fingerprint density at radius 1 is 1.62 bits per heavy atom. The molecule has 0 aliphatic rings. The predicted molar refractivity (Wildman–Crippen MR) is 49.5 cm³/mol. The monoisotopic (exact) mass is 180 g/mol. The minimum absolute atomic E-state index is 0.0787. The molecule has 0 unspecified atom stereocenters. The van der Waals surface area contributed by atoms with E-state index in [4.69, 9.17) is 5.11 Å². The van der Waals surface area contributed by atoms with Crippen molar-refractivity contribution >= 4 is 12.0 Å². The number of rotatable bonds is 2. The first kappa shape index (κ1) is 9.51. The molecular weight excluding hydrogens is 168 g/mol. The van der Waals surface area contributed by atoms with E-state index in [1.54, 1.807) is 17.8 Å². The Morgan fingerprint density at radius 2 is 2.23 bits per heavy atom. The maximum absolute atomic E-state index is 10.6. The third-order valence-corrected chi connectivity index (χ3v) is 1.57. The zero-order valence-electron chi connectivity index (χ0n) is 7.90. The van der Waals surface area contributed by atoms with Crippen LogP contribution in [0.15, 0.2) is 11.6 Å². The molecular formula is C9H12N2O2. The molecule has 0 amide bonds. The van der Waals surface area contributed by atoms with Crippen LogP contribution in [0.25, 0.3) is 6.08 Å². The van der Waals surface area contributed by atoms with E-state index in [1.165, 1.54) is 0 Å². The molecule has 0 fully saturated rings. The van der Waals surface area contributed by atoms with Crippen molar-refractivity contribution in [2.75, 3.05) is 0 Å². The molecule has 0 aromatic carbocycles. The summed E-state index contributed by atoms with van der Waals surface area (Å²) in [6.45, 7) is 3.90. The molecule has 1 aromatic rings. The number of carboxylic acid groups (broad SMARTS) is 1. The number of aromatic nitrogens is 2. The lowest BCUT2D eigenvalue weighted by molar-refractivity contribution is 0.0689. The summed E-state index contributed by atoms with van der Waals surface area (Å²) in [7, 11) is 1.72. The van der Waals surface area contributed by atoms with Gasteiger partial charge in [-0.25, -0.2) is 4.79 Å². The molecule has 0 aliphatic carbocycles. The van der Waals surface area contributed by atoms with Gasteiger partial charge in [-0.15, -0.1) is 0 Å². The lowest BCUT2D eigenvalue weighted by atomic mass is 10.2. The second-order valence-electron chi connectivity index (χ2n) is 3.10. The van der Waals surface area contributed by atoms with Crippen LogP contribution in [0.4, 0.5) is 0 Å². The van der Waals surface area contributed by atoms with Gasteiger partial charge in [0.15, 0.2) is 5.69 Å². The van der Waals surface area contributed by atoms with Crippen LogP contribution in [0.2, 0.25) is 0 Å². The van der Waals surface area contributed by atoms with Gasteiger partial charge in [0.2, 0.25) is 0 Å². The SMILES string of the molecule is CC(C)=Cc1cc(C(=O)O)nn1C. The zero-order chi connectivity index (χ0) is 10.0. The Labute approximate surface area is 76.5 Å². The van der Waals surface area contributed by atoms with Crippen molar-refractivity contribution in [2.45, 2.75) is 13.8 Å². The average Bonchev–Trinajstić information content (AvgIpc) is 2.31. The van der Waals surface area contributed by atoms with Crippen molar-refractivity contribution in [2.24, 2.45) is 7.05 Å². The Morgan fingerprint density at radius 3 is 2.62 bits per heavy atom. The average molecular weight is 180 g/mol. The van der Waals surface area contributed by atoms with E-state index in [2.05, 4.69) is 5.10 Å². The van der Waals surface area contributed by atoms with Crippen LogP contribution in [0.5, 0.6) is 0 Å². The van der Waals surface area contributed by atoms with Crippen molar-refractivity contribution < 1.29 is 9.90 Å². The Bertz CT molecular complexity index is 360. The van der Waals surface area contributed by atoms with Crippen LogP contribution in [-0.2, 0) is 7.05 Å². The molecule has 0 bridgehead atoms. The first-order valence-electron chi connectivity index (χ1n) is 3.93. The summed E-state index contributed by atoms with van der Waals surface area (Å²) in [6.07, 6.45) is 1.89. The van der Waals surface area contributed by atoms with E-state index in [1.807, 2.05) is 19.9 Å². The fraction of sp³-hybridized carbons (Fsp3) is 0.333. The molecule has 0 aliphatic heterocycles. The van der Waals surface area contributed by atoms with Crippen LogP contribution in [0, 0.1) is 0 Å². The van der Waals surface area contributed by atoms with Crippen molar-refractivity contribution in [3.63, 3.8) is 0 Å². The first-order chi connectivity index (χ1) is 6.00. The van der Waals surface area contributed by atoms with Crippen molar-refractivity contribution in [1.82, 2.24) is 9.78 Å². The number of nitrogens with zero attached hydrogens (tertiary/aromatic N) is 2. The predicted octanol–water partition coefficient (Wildman–Crippen LogP) is 1.54. The molecule has 1 aromatic heterocycles. The van der Waals surface area contributed by atoms with Crippen LogP contribution in [0.1, 0.15) is 30.0 Å². The lowest BCUT2D eigenvalue weighted by Crippen LogP contribution is -1.99. The minimum atomic E-state index is -0.996. The standard InChI is InChI=1S/C9H12N2O2/c1-6(2)4-7-5-8(9(12)13)10-11(7)3/h4-5H,1-3H3,(H,12,13). The molecule has 4 heteroatoms. The molecule has 70 valence electrons. The van der Waals surface area contributed by atoms with Gasteiger partial charge in [-0.1, -0.05) is 5.57 Å². The fourth-order valence-electron chi connectivity index (χ4n) is 1.02. The normalized spacial score (nSPS) is 9.77. The molecule has 1 N–H and O–H groups in total. The van der Waals surface area contributed by atoms with E-state index >= 15 is 0 Å². The summed E-state index contributed by atoms with van der Waals surface area (Å²) in [5.74, 6) is -0.996. The fourth-order valence-corrected chi connectivity index (χ4v) is 1.02. The Hall–Kier alpha value is -1.58. The molecule has 0 saturated carbocycles. The number of allylic oxidation sites excluding steroid dienone is 1. The third kappa shape index (κ3) is 2.18. The van der Waals surface area contributed by atoms with Crippen LogP contribution in [-0.4, -0.2) is 20.9 Å². The van der Waals surface area contributed by atoms with Crippen LogP contribution < -0.4 is 0 Å². The molecule has 1 heterocycles. The molecule has 0 atom stereocenters. The number of aryl methyl sites for hydroxylation is 1. The smallest absolute Gasteiger partial charge is 0.356 e. The Kier molecular flexibility index (Phi) is 2.51. The van der Waals surface area contributed by atoms with Gasteiger partial charge in [-0.3, -0.25) is 4.68 Å². The quantitative estimate of drug-likeness (QED) is 0.751. The molecule has 0 radical (unpaired) electrons. The minimum Gasteiger partial charge on any atom is -0.476 e. The maximum Gasteiger partial charge on any atom is 0.356 e. The van der Waals surface area contributed by atoms with Crippen molar-refractivity contribution in [1.29, 1.82) is 0 Å². The van der Waals surface area contributed by atoms with E-state index in [0.717, 1.165) is 11.3 Å². The van der Waals surface area contributed by atoms with Gasteiger partial charge >= 0.3 is 5.97 Å². The van der Waals surface area contributed by atoms with E-state index < -0.39 is 5.97 Å². The van der Waals surface area contributed by atoms with Gasteiger partial charge in [0, 0.05) is 7.05 Å². The first-order valence-corrected chi connectivity index (χ1v) is 3.93. The van der Waals surface area contributed by atoms with Gasteiger partial charge in [-0.2, -0.15) is 5.10 Å². The maximum atomic E-state index is 10.6. The summed E-state index contributed by atoms with van der Waals surface area (Å²) in [5, 5.41) is 12.5. The van der Waals surface area contributed by atoms with E-state index in [0.29, 0.717) is 0 Å². The van der Waals surface area contributed by atoms with Gasteiger partial charge in [0.1, 0.15) is 0 Å². The number of hydrogen-bond acceptors (Lipinski definition) is 2. The van der Waals surface area contributed by atoms with Gasteiger partial charge in [-0.05, 0) is 26.0 Å². The highest BCUT2D eigenvalue weighted by Gasteiger charge is 2.08. The summed E-state index contributed by atoms with van der Waals surface area (Å²) >= 11 is 0. The highest BCUT2D eigenvalue weighted by molar-refractivity contribution is 5.85. The number of hydrogen-bond donors (Lipinski definition) is 1. The molecule has 0 spiro atoms. The summed E-state index contributed by atoms with van der Waals surface area (Å²) in [5.41, 5.74) is 1.99. The molecule has 4 nitrogen and oxygen atoms in total. The zero-order valence-corrected chi connectivity index (χ0v) is 7.90. The summed E-state index contributed by atoms with van der Waals surface area (Å²) in [4.78, 5) is 10.6. The number of carbonyl (C=O) groups is 1. The van der Waals surface area contributed by atoms with Crippen molar-refractivity contribution in [3.8, 4) is 0 Å². The summed E-state index contributed by atoms with van der Waals surface area (Å²) < 4.78 is 1.55. The number of carboxylic acids is 1. The second-order valence-corrected chi connectivity index (χ2v) is 3.10. The van der Waals surface area contributed by atoms with Crippen molar-refractivity contribution in [3.05, 3.63) is 23.0 Å². The molecule has 1 rings (SSSR count). The molecule has 0 saturated heterocycles. The van der Waals surface area contributed by atoms with Gasteiger partial charge in [0.05, 0.1) is 5.69 Å². The van der Waals surface area contributed by atoms with Crippen LogP contribution >= 0.6 is 0 Å². The van der Waals surface area contributed by atoms with Crippen LogP contribution in [0.3, 0.4) is 0 Å². The van der Waals surface area contributed by atoms with Gasteiger partial charge < -0.3 is 5.11 Å². The topological polar surface area (TPSA) is 55.1 Å². The Balaban J connectivity index is 3.10. The lowest BCUT2D eigenvalue weighted by Gasteiger charge is -1.93. The van der Waals surface area contributed by atoms with E-state index in [9.17, 15) is 4.79 Å². The van der Waals surface area contributed by atoms with E-state index in [-0.39, 0.29) is 5.69 Å². The highest BCUT2D eigenvalue weighted by Crippen LogP contribution is 2.07. The highest BCUT2D eigenvalue weighted by atomic mass is 16.4. The largest absolute Gasteiger partial charge is 0.476 e. The third-order valence-electron chi connectivity index (χ3n) is 1.57.